The van der Waals surface area contributed by atoms with Gasteiger partial charge in [-0.05, 0) is 139 Å². The smallest absolute Gasteiger partial charge is 0.142 e. The van der Waals surface area contributed by atoms with Crippen molar-refractivity contribution < 1.29 is 19.0 Å². The van der Waals surface area contributed by atoms with Gasteiger partial charge in [0.2, 0.25) is 0 Å². The van der Waals surface area contributed by atoms with Gasteiger partial charge in [0.1, 0.15) is 35.8 Å². The van der Waals surface area contributed by atoms with Crippen LogP contribution in [0.5, 0.6) is 17.2 Å². The van der Waals surface area contributed by atoms with Crippen molar-refractivity contribution in [1.29, 1.82) is 5.26 Å². The van der Waals surface area contributed by atoms with Crippen LogP contribution in [-0.2, 0) is 25.7 Å². The standard InChI is InChI=1S/C45H43ClFNO3/c46-41-26-34(12-5-4-9-30-17-18-33-19-20-36(49)25-35(33)24-30)44(50-29-32-11-3-1-2-10-31(23-32)28-48)27-45(41)51-43-22-21-38-37(14-8-15-40(38)43)39-13-6-7-16-42(39)47/h2,6-8,10-11,13-16,19-20,23,25-27,30,43,49H,1,3-5,9,12,17-18,21-22,24,29H2/b10-2-,31-23+,32-11+/t30-,43-/m0/s1. The Morgan fingerprint density at radius 3 is 2.67 bits per heavy atom. The molecule has 0 radical (unpaired) electrons. The van der Waals surface area contributed by atoms with E-state index in [9.17, 15) is 14.8 Å². The molecule has 0 aliphatic heterocycles. The van der Waals surface area contributed by atoms with E-state index in [4.69, 9.17) is 21.1 Å². The van der Waals surface area contributed by atoms with Crippen molar-refractivity contribution in [3.05, 3.63) is 147 Å². The first-order valence-corrected chi connectivity index (χ1v) is 18.6. The highest BCUT2D eigenvalue weighted by Gasteiger charge is 2.28. The highest BCUT2D eigenvalue weighted by molar-refractivity contribution is 6.32. The van der Waals surface area contributed by atoms with Crippen LogP contribution in [0.3, 0.4) is 0 Å². The Hall–Kier alpha value is -4.79. The number of phenols is 1. The number of benzene rings is 4. The second kappa shape index (κ2) is 16.0. The van der Waals surface area contributed by atoms with Crippen LogP contribution in [0.25, 0.3) is 11.1 Å². The van der Waals surface area contributed by atoms with Gasteiger partial charge in [-0.3, -0.25) is 0 Å². The molecule has 0 aromatic heterocycles. The first-order valence-electron chi connectivity index (χ1n) is 18.2. The van der Waals surface area contributed by atoms with Crippen LogP contribution in [0.4, 0.5) is 4.39 Å². The molecule has 0 unspecified atom stereocenters. The summed E-state index contributed by atoms with van der Waals surface area (Å²) in [5, 5.41) is 20.1. The van der Waals surface area contributed by atoms with Gasteiger partial charge in [-0.1, -0.05) is 79.1 Å². The van der Waals surface area contributed by atoms with Gasteiger partial charge in [-0.15, -0.1) is 0 Å². The third kappa shape index (κ3) is 8.24. The van der Waals surface area contributed by atoms with Crippen molar-refractivity contribution in [3.8, 4) is 34.4 Å². The lowest BCUT2D eigenvalue weighted by Gasteiger charge is -2.24. The lowest BCUT2D eigenvalue weighted by molar-refractivity contribution is 0.206. The van der Waals surface area contributed by atoms with E-state index in [1.807, 2.05) is 60.7 Å². The van der Waals surface area contributed by atoms with Crippen LogP contribution < -0.4 is 9.47 Å². The fourth-order valence-corrected chi connectivity index (χ4v) is 8.08. The summed E-state index contributed by atoms with van der Waals surface area (Å²) in [6.45, 7) is 0.333. The number of phenolic OH excluding ortho intramolecular Hbond substituents is 1. The Morgan fingerprint density at radius 1 is 0.902 bits per heavy atom. The summed E-state index contributed by atoms with van der Waals surface area (Å²) in [5.74, 6) is 2.04. The summed E-state index contributed by atoms with van der Waals surface area (Å²) in [6, 6.07) is 24.9. The van der Waals surface area contributed by atoms with Crippen LogP contribution in [0.2, 0.25) is 5.02 Å². The van der Waals surface area contributed by atoms with Gasteiger partial charge in [-0.2, -0.15) is 5.26 Å². The maximum atomic E-state index is 14.8. The van der Waals surface area contributed by atoms with Crippen molar-refractivity contribution >= 4 is 11.6 Å². The molecular formula is C45H43ClFNO3. The molecule has 1 N–H and O–H groups in total. The van der Waals surface area contributed by atoms with Gasteiger partial charge >= 0.3 is 0 Å². The maximum absolute atomic E-state index is 14.8. The Morgan fingerprint density at radius 2 is 1.78 bits per heavy atom. The van der Waals surface area contributed by atoms with Crippen molar-refractivity contribution in [2.24, 2.45) is 5.92 Å². The van der Waals surface area contributed by atoms with Crippen molar-refractivity contribution in [3.63, 3.8) is 0 Å². The second-order valence-corrected chi connectivity index (χ2v) is 14.4. The molecule has 2 atom stereocenters. The second-order valence-electron chi connectivity index (χ2n) is 14.0. The third-order valence-corrected chi connectivity index (χ3v) is 10.8. The zero-order valence-electron chi connectivity index (χ0n) is 28.8. The molecule has 0 spiro atoms. The monoisotopic (exact) mass is 699 g/mol. The number of fused-ring (bicyclic) bond motifs is 2. The molecule has 4 aromatic carbocycles. The fourth-order valence-electron chi connectivity index (χ4n) is 7.85. The number of nitriles is 1. The average Bonchev–Trinajstić information content (AvgIpc) is 3.54. The Balaban J connectivity index is 1.08. The fraction of sp³-hybridized carbons (Fsp3) is 0.311. The molecule has 3 aliphatic carbocycles. The Bertz CT molecular complexity index is 2040. The predicted molar refractivity (Wildman–Crippen MR) is 202 cm³/mol. The number of nitrogens with zero attached hydrogens (tertiary/aromatic N) is 1. The quantitative estimate of drug-likeness (QED) is 0.158. The minimum atomic E-state index is -0.229. The number of rotatable bonds is 11. The molecule has 0 saturated heterocycles. The molecule has 51 heavy (non-hydrogen) atoms. The normalized spacial score (nSPS) is 20.7. The molecule has 3 aliphatic rings. The SMILES string of the molecule is N#CC1=C/C(COc2cc(O[C@H]3CCc4c(-c5ccccc5F)cccc43)c(Cl)cc2CCCC[C@H]2CCc3ccc(O)cc3C2)=C\CC/C=C\1. The van der Waals surface area contributed by atoms with Crippen molar-refractivity contribution in [1.82, 2.24) is 0 Å². The summed E-state index contributed by atoms with van der Waals surface area (Å²) >= 11 is 6.96. The molecule has 0 fully saturated rings. The molecule has 4 nitrogen and oxygen atoms in total. The van der Waals surface area contributed by atoms with Gasteiger partial charge in [0, 0.05) is 11.6 Å². The lowest BCUT2D eigenvalue weighted by Crippen LogP contribution is -2.14. The first kappa shape index (κ1) is 34.6. The molecule has 4 aromatic rings. The van der Waals surface area contributed by atoms with E-state index >= 15 is 0 Å². The highest BCUT2D eigenvalue weighted by atomic mass is 35.5. The van der Waals surface area contributed by atoms with Gasteiger partial charge in [0.25, 0.3) is 0 Å². The van der Waals surface area contributed by atoms with Crippen molar-refractivity contribution in [2.45, 2.75) is 76.7 Å². The number of unbranched alkanes of at least 4 members (excludes halogenated alkanes) is 1. The largest absolute Gasteiger partial charge is 0.508 e. The maximum Gasteiger partial charge on any atom is 0.142 e. The summed E-state index contributed by atoms with van der Waals surface area (Å²) < 4.78 is 28.0. The van der Waals surface area contributed by atoms with Gasteiger partial charge in [-0.25, -0.2) is 4.39 Å². The summed E-state index contributed by atoms with van der Waals surface area (Å²) in [4.78, 5) is 0. The number of allylic oxidation sites excluding steroid dienone is 4. The van der Waals surface area contributed by atoms with Crippen LogP contribution in [0.1, 0.15) is 78.9 Å². The predicted octanol–water partition coefficient (Wildman–Crippen LogP) is 11.5. The Kier molecular flexibility index (Phi) is 10.9. The molecule has 7 rings (SSSR count). The highest BCUT2D eigenvalue weighted by Crippen LogP contribution is 2.43. The molecule has 6 heteroatoms. The number of ether oxygens (including phenoxy) is 2. The molecule has 0 amide bonds. The van der Waals surface area contributed by atoms with E-state index in [-0.39, 0.29) is 11.9 Å². The first-order chi connectivity index (χ1) is 24.9. The van der Waals surface area contributed by atoms with E-state index < -0.39 is 0 Å². The van der Waals surface area contributed by atoms with Crippen LogP contribution in [0.15, 0.2) is 108 Å². The van der Waals surface area contributed by atoms with Crippen LogP contribution in [0, 0.1) is 23.1 Å². The molecule has 0 heterocycles. The van der Waals surface area contributed by atoms with E-state index in [1.54, 1.807) is 12.1 Å². The van der Waals surface area contributed by atoms with E-state index in [1.165, 1.54) is 23.6 Å². The molecule has 0 saturated carbocycles. The zero-order valence-corrected chi connectivity index (χ0v) is 29.6. The average molecular weight is 700 g/mol. The molecular weight excluding hydrogens is 657 g/mol. The molecule has 260 valence electrons. The van der Waals surface area contributed by atoms with Crippen LogP contribution >= 0.6 is 11.6 Å². The lowest BCUT2D eigenvalue weighted by atomic mass is 9.81. The van der Waals surface area contributed by atoms with E-state index in [0.29, 0.717) is 40.2 Å². The summed E-state index contributed by atoms with van der Waals surface area (Å²) in [7, 11) is 0. The number of aromatic hydroxyl groups is 1. The molecule has 0 bridgehead atoms. The minimum absolute atomic E-state index is 0.216. The van der Waals surface area contributed by atoms with Crippen LogP contribution in [-0.4, -0.2) is 11.7 Å². The van der Waals surface area contributed by atoms with E-state index in [2.05, 4.69) is 24.3 Å². The van der Waals surface area contributed by atoms with Gasteiger partial charge in [0.05, 0.1) is 16.7 Å². The Labute approximate surface area is 305 Å². The number of hydrogen-bond donors (Lipinski definition) is 1. The van der Waals surface area contributed by atoms with Gasteiger partial charge < -0.3 is 14.6 Å². The number of halogens is 2. The summed E-state index contributed by atoms with van der Waals surface area (Å²) in [6.07, 6.45) is 18.3. The number of hydrogen-bond acceptors (Lipinski definition) is 4. The van der Waals surface area contributed by atoms with Crippen molar-refractivity contribution in [2.75, 3.05) is 6.61 Å². The summed E-state index contributed by atoms with van der Waals surface area (Å²) in [5.41, 5.74) is 8.94. The van der Waals surface area contributed by atoms with E-state index in [0.717, 1.165) is 97.8 Å². The zero-order chi connectivity index (χ0) is 35.2. The topological polar surface area (TPSA) is 62.5 Å². The number of aryl methyl sites for hydroxylation is 2. The minimum Gasteiger partial charge on any atom is -0.508 e. The van der Waals surface area contributed by atoms with Gasteiger partial charge in [0.15, 0.2) is 0 Å². The third-order valence-electron chi connectivity index (χ3n) is 10.5.